The maximum absolute atomic E-state index is 11.8. The summed E-state index contributed by atoms with van der Waals surface area (Å²) in [6.45, 7) is 7.07. The number of nitrogens with zero attached hydrogens (tertiary/aromatic N) is 1. The Hall–Kier alpha value is -1.32. The summed E-state index contributed by atoms with van der Waals surface area (Å²) < 4.78 is 5.00. The molecule has 4 heteroatoms. The van der Waals surface area contributed by atoms with Gasteiger partial charge in [-0.2, -0.15) is 0 Å². The van der Waals surface area contributed by atoms with Gasteiger partial charge in [-0.05, 0) is 26.2 Å². The maximum Gasteiger partial charge on any atom is 0.310 e. The second-order valence-corrected chi connectivity index (χ2v) is 4.26. The van der Waals surface area contributed by atoms with E-state index in [9.17, 15) is 9.59 Å². The van der Waals surface area contributed by atoms with E-state index < -0.39 is 0 Å². The van der Waals surface area contributed by atoms with Crippen molar-refractivity contribution < 1.29 is 14.3 Å². The first-order valence-corrected chi connectivity index (χ1v) is 6.24. The van der Waals surface area contributed by atoms with Gasteiger partial charge in [-0.25, -0.2) is 0 Å². The average molecular weight is 239 g/mol. The molecule has 0 radical (unpaired) electrons. The molecule has 1 amide bonds. The summed E-state index contributed by atoms with van der Waals surface area (Å²) in [5.74, 6) is -0.205. The van der Waals surface area contributed by atoms with Crippen molar-refractivity contribution in [2.75, 3.05) is 19.7 Å². The van der Waals surface area contributed by atoms with Crippen LogP contribution in [0.15, 0.2) is 12.7 Å². The highest BCUT2D eigenvalue weighted by molar-refractivity contribution is 5.78. The number of carbonyl (C=O) groups excluding carboxylic acids is 2. The molecular weight excluding hydrogens is 218 g/mol. The summed E-state index contributed by atoms with van der Waals surface area (Å²) in [4.78, 5) is 25.2. The first-order valence-electron chi connectivity index (χ1n) is 6.24. The molecule has 0 saturated carbocycles. The molecule has 1 atom stereocenters. The highest BCUT2D eigenvalue weighted by Crippen LogP contribution is 2.18. The molecule has 0 aliphatic carbocycles. The van der Waals surface area contributed by atoms with Gasteiger partial charge >= 0.3 is 5.97 Å². The van der Waals surface area contributed by atoms with Crippen LogP contribution in [0.2, 0.25) is 0 Å². The number of esters is 1. The van der Waals surface area contributed by atoms with Gasteiger partial charge in [-0.15, -0.1) is 6.58 Å². The Morgan fingerprint density at radius 3 is 2.94 bits per heavy atom. The molecule has 1 heterocycles. The van der Waals surface area contributed by atoms with E-state index in [0.29, 0.717) is 26.0 Å². The van der Waals surface area contributed by atoms with Crippen molar-refractivity contribution in [1.29, 1.82) is 0 Å². The molecule has 1 rings (SSSR count). The number of likely N-dealkylation sites (tertiary alicyclic amines) is 1. The van der Waals surface area contributed by atoms with Crippen molar-refractivity contribution in [3.05, 3.63) is 12.7 Å². The third kappa shape index (κ3) is 4.21. The van der Waals surface area contributed by atoms with Crippen LogP contribution in [0.5, 0.6) is 0 Å². The fourth-order valence-corrected chi connectivity index (χ4v) is 2.04. The average Bonchev–Trinajstić information content (AvgIpc) is 2.36. The third-order valence-electron chi connectivity index (χ3n) is 2.96. The standard InChI is InChI=1S/C13H21NO3/c1-3-5-8-12(15)14-9-6-7-11(10-14)13(16)17-4-2/h3,11H,1,4-10H2,2H3. The van der Waals surface area contributed by atoms with Gasteiger partial charge in [0, 0.05) is 19.5 Å². The van der Waals surface area contributed by atoms with Crippen LogP contribution in [0.25, 0.3) is 0 Å². The molecule has 0 aromatic rings. The highest BCUT2D eigenvalue weighted by Gasteiger charge is 2.28. The van der Waals surface area contributed by atoms with Crippen LogP contribution in [0.1, 0.15) is 32.6 Å². The van der Waals surface area contributed by atoms with E-state index in [1.807, 2.05) is 0 Å². The Kier molecular flexibility index (Phi) is 5.73. The van der Waals surface area contributed by atoms with Gasteiger partial charge in [-0.1, -0.05) is 6.08 Å². The van der Waals surface area contributed by atoms with E-state index in [2.05, 4.69) is 6.58 Å². The molecule has 1 fully saturated rings. The van der Waals surface area contributed by atoms with Crippen molar-refractivity contribution in [3.63, 3.8) is 0 Å². The Morgan fingerprint density at radius 2 is 2.29 bits per heavy atom. The maximum atomic E-state index is 11.8. The summed E-state index contributed by atoms with van der Waals surface area (Å²) in [6, 6.07) is 0. The SMILES string of the molecule is C=CCCC(=O)N1CCCC(C(=O)OCC)C1. The molecule has 1 saturated heterocycles. The number of ether oxygens (including phenoxy) is 1. The molecule has 1 aliphatic rings. The number of amides is 1. The summed E-state index contributed by atoms with van der Waals surface area (Å²) >= 11 is 0. The van der Waals surface area contributed by atoms with E-state index in [-0.39, 0.29) is 17.8 Å². The predicted molar refractivity (Wildman–Crippen MR) is 65.4 cm³/mol. The zero-order chi connectivity index (χ0) is 12.7. The molecular formula is C13H21NO3. The van der Waals surface area contributed by atoms with Crippen LogP contribution < -0.4 is 0 Å². The van der Waals surface area contributed by atoms with Gasteiger partial charge < -0.3 is 9.64 Å². The lowest BCUT2D eigenvalue weighted by Crippen LogP contribution is -2.42. The van der Waals surface area contributed by atoms with Gasteiger partial charge in [0.25, 0.3) is 0 Å². The van der Waals surface area contributed by atoms with Crippen molar-refractivity contribution >= 4 is 11.9 Å². The highest BCUT2D eigenvalue weighted by atomic mass is 16.5. The summed E-state index contributed by atoms with van der Waals surface area (Å²) in [7, 11) is 0. The number of carbonyl (C=O) groups is 2. The smallest absolute Gasteiger partial charge is 0.310 e. The molecule has 96 valence electrons. The minimum Gasteiger partial charge on any atom is -0.466 e. The molecule has 0 N–H and O–H groups in total. The van der Waals surface area contributed by atoms with Crippen molar-refractivity contribution in [2.24, 2.45) is 5.92 Å². The molecule has 17 heavy (non-hydrogen) atoms. The predicted octanol–water partition coefficient (Wildman–Crippen LogP) is 1.75. The van der Waals surface area contributed by atoms with Gasteiger partial charge in [0.1, 0.15) is 0 Å². The topological polar surface area (TPSA) is 46.6 Å². The Morgan fingerprint density at radius 1 is 1.53 bits per heavy atom. The number of rotatable bonds is 5. The summed E-state index contributed by atoms with van der Waals surface area (Å²) in [6.07, 6.45) is 4.62. The number of hydrogen-bond acceptors (Lipinski definition) is 3. The molecule has 0 bridgehead atoms. The quantitative estimate of drug-likeness (QED) is 0.542. The van der Waals surface area contributed by atoms with Gasteiger partial charge in [0.15, 0.2) is 0 Å². The minimum atomic E-state index is -0.172. The first-order chi connectivity index (χ1) is 8.19. The largest absolute Gasteiger partial charge is 0.466 e. The Bertz CT molecular complexity index is 288. The molecule has 4 nitrogen and oxygen atoms in total. The molecule has 0 spiro atoms. The summed E-state index contributed by atoms with van der Waals surface area (Å²) in [5, 5.41) is 0. The van der Waals surface area contributed by atoms with E-state index in [0.717, 1.165) is 19.4 Å². The van der Waals surface area contributed by atoms with Crippen LogP contribution in [-0.4, -0.2) is 36.5 Å². The molecule has 1 aliphatic heterocycles. The third-order valence-corrected chi connectivity index (χ3v) is 2.96. The van der Waals surface area contributed by atoms with Crippen LogP contribution in [-0.2, 0) is 14.3 Å². The van der Waals surface area contributed by atoms with Crippen LogP contribution in [0.3, 0.4) is 0 Å². The fourth-order valence-electron chi connectivity index (χ4n) is 2.04. The van der Waals surface area contributed by atoms with Crippen LogP contribution in [0.4, 0.5) is 0 Å². The van der Waals surface area contributed by atoms with Crippen molar-refractivity contribution in [2.45, 2.75) is 32.6 Å². The van der Waals surface area contributed by atoms with E-state index in [1.165, 1.54) is 0 Å². The number of allylic oxidation sites excluding steroid dienone is 1. The normalized spacial score (nSPS) is 19.8. The van der Waals surface area contributed by atoms with E-state index in [4.69, 9.17) is 4.74 Å². The van der Waals surface area contributed by atoms with Gasteiger partial charge in [0.05, 0.1) is 12.5 Å². The van der Waals surface area contributed by atoms with Crippen LogP contribution in [0, 0.1) is 5.92 Å². The first kappa shape index (κ1) is 13.7. The van der Waals surface area contributed by atoms with Crippen molar-refractivity contribution in [1.82, 2.24) is 4.90 Å². The van der Waals surface area contributed by atoms with E-state index in [1.54, 1.807) is 17.9 Å². The van der Waals surface area contributed by atoms with E-state index >= 15 is 0 Å². The molecule has 1 unspecified atom stereocenters. The summed E-state index contributed by atoms with van der Waals surface area (Å²) in [5.41, 5.74) is 0. The Balaban J connectivity index is 2.45. The second-order valence-electron chi connectivity index (χ2n) is 4.26. The second kappa shape index (κ2) is 7.09. The zero-order valence-electron chi connectivity index (χ0n) is 10.5. The molecule has 0 aromatic heterocycles. The molecule has 0 aromatic carbocycles. The lowest BCUT2D eigenvalue weighted by atomic mass is 9.98. The van der Waals surface area contributed by atoms with Gasteiger partial charge in [0.2, 0.25) is 5.91 Å². The zero-order valence-corrected chi connectivity index (χ0v) is 10.5. The lowest BCUT2D eigenvalue weighted by molar-refractivity contribution is -0.151. The fraction of sp³-hybridized carbons (Fsp3) is 0.692. The lowest BCUT2D eigenvalue weighted by Gasteiger charge is -2.31. The number of piperidine rings is 1. The van der Waals surface area contributed by atoms with Gasteiger partial charge in [-0.3, -0.25) is 9.59 Å². The van der Waals surface area contributed by atoms with Crippen molar-refractivity contribution in [3.8, 4) is 0 Å². The monoisotopic (exact) mass is 239 g/mol. The minimum absolute atomic E-state index is 0.110. The number of hydrogen-bond donors (Lipinski definition) is 0. The Labute approximate surface area is 103 Å². The van der Waals surface area contributed by atoms with Crippen LogP contribution >= 0.6 is 0 Å².